The Bertz CT molecular complexity index is 1020. The summed E-state index contributed by atoms with van der Waals surface area (Å²) in [6, 6.07) is 11.1. The third kappa shape index (κ3) is 3.82. The van der Waals surface area contributed by atoms with Crippen LogP contribution in [-0.2, 0) is 4.79 Å². The first-order valence-electron chi connectivity index (χ1n) is 10.4. The topological polar surface area (TPSA) is 75.7 Å². The molecule has 6 nitrogen and oxygen atoms in total. The van der Waals surface area contributed by atoms with Gasteiger partial charge in [-0.3, -0.25) is 14.4 Å². The highest BCUT2D eigenvalue weighted by atomic mass is 16.5. The molecule has 2 aliphatic heterocycles. The molecule has 1 unspecified atom stereocenters. The van der Waals surface area contributed by atoms with Crippen molar-refractivity contribution in [2.45, 2.75) is 39.7 Å². The average molecular weight is 406 g/mol. The number of hydrogen-bond acceptors (Lipinski definition) is 4. The second-order valence-electron chi connectivity index (χ2n) is 8.21. The van der Waals surface area contributed by atoms with E-state index in [0.717, 1.165) is 16.7 Å². The summed E-state index contributed by atoms with van der Waals surface area (Å²) in [5.41, 5.74) is 3.86. The average Bonchev–Trinajstić information content (AvgIpc) is 2.75. The van der Waals surface area contributed by atoms with Crippen molar-refractivity contribution in [3.8, 4) is 5.75 Å². The molecule has 1 fully saturated rings. The Morgan fingerprint density at radius 1 is 1.07 bits per heavy atom. The molecule has 1 N–H and O–H groups in total. The molecule has 30 heavy (non-hydrogen) atoms. The molecular formula is C24H26N2O4. The predicted molar refractivity (Wildman–Crippen MR) is 114 cm³/mol. The van der Waals surface area contributed by atoms with Crippen molar-refractivity contribution < 1.29 is 19.1 Å². The molecule has 0 spiro atoms. The van der Waals surface area contributed by atoms with Gasteiger partial charge in [0.05, 0.1) is 5.69 Å². The van der Waals surface area contributed by atoms with Gasteiger partial charge >= 0.3 is 0 Å². The number of amides is 2. The van der Waals surface area contributed by atoms with E-state index < -0.39 is 6.10 Å². The van der Waals surface area contributed by atoms with Crippen molar-refractivity contribution in [1.82, 2.24) is 4.90 Å². The number of fused-ring (bicyclic) bond motifs is 1. The standard InChI is InChI=1S/C24H26N2O4/c1-14-4-5-15(2)19(12-14)24(29)26-10-8-17(9-11-26)22(27)18-6-7-21-20(13-18)25-23(28)16(3)30-21/h4-7,12-13,16-17H,8-11H2,1-3H3,(H,25,28). The molecule has 6 heteroatoms. The Labute approximate surface area is 176 Å². The van der Waals surface area contributed by atoms with E-state index in [1.54, 1.807) is 25.1 Å². The van der Waals surface area contributed by atoms with E-state index in [-0.39, 0.29) is 23.5 Å². The van der Waals surface area contributed by atoms with Crippen LogP contribution < -0.4 is 10.1 Å². The minimum Gasteiger partial charge on any atom is -0.479 e. The number of nitrogens with one attached hydrogen (secondary N) is 1. The first kappa shape index (κ1) is 20.1. The summed E-state index contributed by atoms with van der Waals surface area (Å²) in [5.74, 6) is 0.303. The molecule has 0 bridgehead atoms. The summed E-state index contributed by atoms with van der Waals surface area (Å²) in [6.07, 6.45) is 0.719. The lowest BCUT2D eigenvalue weighted by Crippen LogP contribution is -2.40. The van der Waals surface area contributed by atoms with Gasteiger partial charge in [-0.05, 0) is 63.4 Å². The minimum atomic E-state index is -0.544. The number of anilines is 1. The number of Topliss-reactive ketones (excluding diaryl/α,β-unsaturated/α-hetero) is 1. The van der Waals surface area contributed by atoms with Crippen molar-refractivity contribution in [3.05, 3.63) is 58.7 Å². The summed E-state index contributed by atoms with van der Waals surface area (Å²) in [4.78, 5) is 39.6. The van der Waals surface area contributed by atoms with E-state index in [1.165, 1.54) is 0 Å². The number of likely N-dealkylation sites (tertiary alicyclic amines) is 1. The molecule has 0 aliphatic carbocycles. The summed E-state index contributed by atoms with van der Waals surface area (Å²) in [7, 11) is 0. The number of rotatable bonds is 3. The van der Waals surface area contributed by atoms with Crippen molar-refractivity contribution in [1.29, 1.82) is 0 Å². The van der Waals surface area contributed by atoms with Gasteiger partial charge < -0.3 is 15.0 Å². The van der Waals surface area contributed by atoms with Gasteiger partial charge in [-0.15, -0.1) is 0 Å². The molecule has 4 rings (SSSR count). The highest BCUT2D eigenvalue weighted by molar-refractivity contribution is 6.02. The van der Waals surface area contributed by atoms with Gasteiger partial charge in [0.15, 0.2) is 11.9 Å². The Morgan fingerprint density at radius 2 is 1.80 bits per heavy atom. The fraction of sp³-hybridized carbons (Fsp3) is 0.375. The SMILES string of the molecule is Cc1ccc(C)c(C(=O)N2CCC(C(=O)c3ccc4c(c3)NC(=O)C(C)O4)CC2)c1. The molecule has 2 amide bonds. The van der Waals surface area contributed by atoms with Crippen molar-refractivity contribution >= 4 is 23.3 Å². The van der Waals surface area contributed by atoms with Crippen molar-refractivity contribution in [3.63, 3.8) is 0 Å². The van der Waals surface area contributed by atoms with Crippen LogP contribution >= 0.6 is 0 Å². The van der Waals surface area contributed by atoms with Gasteiger partial charge in [-0.25, -0.2) is 0 Å². The van der Waals surface area contributed by atoms with E-state index in [0.29, 0.717) is 42.9 Å². The van der Waals surface area contributed by atoms with E-state index in [2.05, 4.69) is 5.32 Å². The molecule has 2 aromatic carbocycles. The van der Waals surface area contributed by atoms with Gasteiger partial charge in [-0.2, -0.15) is 0 Å². The zero-order chi connectivity index (χ0) is 21.4. The number of nitrogens with zero attached hydrogens (tertiary/aromatic N) is 1. The maximum atomic E-state index is 13.0. The van der Waals surface area contributed by atoms with Crippen LogP contribution in [0.1, 0.15) is 51.6 Å². The predicted octanol–water partition coefficient (Wildman–Crippen LogP) is 3.76. The molecule has 1 atom stereocenters. The van der Waals surface area contributed by atoms with Gasteiger partial charge in [-0.1, -0.05) is 17.7 Å². The number of carbonyl (C=O) groups excluding carboxylic acids is 3. The zero-order valence-electron chi connectivity index (χ0n) is 17.5. The molecule has 0 saturated carbocycles. The number of ether oxygens (including phenoxy) is 1. The summed E-state index contributed by atoms with van der Waals surface area (Å²) in [5, 5.41) is 2.79. The monoisotopic (exact) mass is 406 g/mol. The quantitative estimate of drug-likeness (QED) is 0.788. The molecule has 0 radical (unpaired) electrons. The zero-order valence-corrected chi connectivity index (χ0v) is 17.5. The number of carbonyl (C=O) groups is 3. The Morgan fingerprint density at radius 3 is 2.53 bits per heavy atom. The molecule has 2 aliphatic rings. The van der Waals surface area contributed by atoms with Crippen LogP contribution in [0.4, 0.5) is 5.69 Å². The second-order valence-corrected chi connectivity index (χ2v) is 8.21. The van der Waals surface area contributed by atoms with Crippen LogP contribution in [0.2, 0.25) is 0 Å². The summed E-state index contributed by atoms with van der Waals surface area (Å²) in [6.45, 7) is 6.73. The van der Waals surface area contributed by atoms with Crippen LogP contribution in [0.15, 0.2) is 36.4 Å². The van der Waals surface area contributed by atoms with Crippen LogP contribution in [-0.4, -0.2) is 41.7 Å². The first-order valence-corrected chi connectivity index (χ1v) is 10.4. The third-order valence-electron chi connectivity index (χ3n) is 5.97. The van der Waals surface area contributed by atoms with Crippen LogP contribution in [0.3, 0.4) is 0 Å². The second kappa shape index (κ2) is 7.94. The molecule has 1 saturated heterocycles. The van der Waals surface area contributed by atoms with Gasteiger partial charge in [0.2, 0.25) is 0 Å². The Hall–Kier alpha value is -3.15. The smallest absolute Gasteiger partial charge is 0.265 e. The van der Waals surface area contributed by atoms with E-state index in [9.17, 15) is 14.4 Å². The number of ketones is 1. The van der Waals surface area contributed by atoms with Crippen molar-refractivity contribution in [2.24, 2.45) is 5.92 Å². The largest absolute Gasteiger partial charge is 0.479 e. The van der Waals surface area contributed by atoms with E-state index >= 15 is 0 Å². The fourth-order valence-electron chi connectivity index (χ4n) is 4.08. The lowest BCUT2D eigenvalue weighted by atomic mass is 9.88. The lowest BCUT2D eigenvalue weighted by Gasteiger charge is -2.32. The van der Waals surface area contributed by atoms with Crippen LogP contribution in [0.25, 0.3) is 0 Å². The number of piperidine rings is 1. The van der Waals surface area contributed by atoms with Gasteiger partial charge in [0.1, 0.15) is 5.75 Å². The maximum Gasteiger partial charge on any atom is 0.265 e. The molecule has 0 aromatic heterocycles. The number of hydrogen-bond donors (Lipinski definition) is 1. The summed E-state index contributed by atoms with van der Waals surface area (Å²) >= 11 is 0. The molecule has 2 heterocycles. The molecular weight excluding hydrogens is 380 g/mol. The Kier molecular flexibility index (Phi) is 5.33. The third-order valence-corrected chi connectivity index (χ3v) is 5.97. The maximum absolute atomic E-state index is 13.0. The number of aryl methyl sites for hydroxylation is 2. The normalized spacial score (nSPS) is 19.0. The van der Waals surface area contributed by atoms with E-state index in [4.69, 9.17) is 4.74 Å². The van der Waals surface area contributed by atoms with Gasteiger partial charge in [0, 0.05) is 30.1 Å². The van der Waals surface area contributed by atoms with E-state index in [1.807, 2.05) is 36.9 Å². The molecule has 156 valence electrons. The number of benzene rings is 2. The Balaban J connectivity index is 1.42. The minimum absolute atomic E-state index is 0.0323. The summed E-state index contributed by atoms with van der Waals surface area (Å²) < 4.78 is 5.56. The first-order chi connectivity index (χ1) is 14.3. The van der Waals surface area contributed by atoms with Crippen LogP contribution in [0.5, 0.6) is 5.75 Å². The van der Waals surface area contributed by atoms with Crippen LogP contribution in [0, 0.1) is 19.8 Å². The van der Waals surface area contributed by atoms with Crippen molar-refractivity contribution in [2.75, 3.05) is 18.4 Å². The molecule has 2 aromatic rings. The van der Waals surface area contributed by atoms with Gasteiger partial charge in [0.25, 0.3) is 11.8 Å². The highest BCUT2D eigenvalue weighted by Gasteiger charge is 2.30. The fourth-order valence-corrected chi connectivity index (χ4v) is 4.08. The lowest BCUT2D eigenvalue weighted by molar-refractivity contribution is -0.122. The highest BCUT2D eigenvalue weighted by Crippen LogP contribution is 2.32.